The second-order valence-electron chi connectivity index (χ2n) is 6.15. The van der Waals surface area contributed by atoms with Crippen LogP contribution in [0.2, 0.25) is 0 Å². The van der Waals surface area contributed by atoms with Crippen molar-refractivity contribution in [1.82, 2.24) is 9.78 Å². The molecule has 1 aromatic heterocycles. The molecule has 1 heterocycles. The predicted octanol–water partition coefficient (Wildman–Crippen LogP) is 3.80. The fraction of sp³-hybridized carbons (Fsp3) is 0.227. The molecule has 0 radical (unpaired) electrons. The first-order valence-corrected chi connectivity index (χ1v) is 9.22. The molecule has 28 heavy (non-hydrogen) atoms. The molecule has 3 rings (SSSR count). The Bertz CT molecular complexity index is 997. The van der Waals surface area contributed by atoms with Crippen LogP contribution in [0.3, 0.4) is 0 Å². The first kappa shape index (κ1) is 19.4. The normalized spacial score (nSPS) is 11.3. The number of aromatic nitrogens is 2. The number of benzene rings is 2. The van der Waals surface area contributed by atoms with E-state index in [-0.39, 0.29) is 5.91 Å². The Morgan fingerprint density at radius 3 is 2.68 bits per heavy atom. The number of methoxy groups -OCH3 is 1. The first-order chi connectivity index (χ1) is 13.7. The molecule has 0 bridgehead atoms. The van der Waals surface area contributed by atoms with E-state index in [4.69, 9.17) is 9.47 Å². The van der Waals surface area contributed by atoms with Gasteiger partial charge in [0, 0.05) is 11.6 Å². The summed E-state index contributed by atoms with van der Waals surface area (Å²) in [4.78, 5) is 16.7. The number of hydrogen-bond donors (Lipinski definition) is 0. The van der Waals surface area contributed by atoms with Gasteiger partial charge in [-0.2, -0.15) is 5.10 Å². The second-order valence-corrected chi connectivity index (χ2v) is 6.15. The smallest absolute Gasteiger partial charge is 0.277 e. The monoisotopic (exact) mass is 377 g/mol. The van der Waals surface area contributed by atoms with Crippen molar-refractivity contribution in [3.05, 3.63) is 77.8 Å². The molecule has 0 unspecified atom stereocenters. The molecule has 0 spiro atoms. The van der Waals surface area contributed by atoms with E-state index in [0.717, 1.165) is 18.5 Å². The maximum Gasteiger partial charge on any atom is 0.277 e. The Kier molecular flexibility index (Phi) is 6.57. The van der Waals surface area contributed by atoms with Crippen LogP contribution >= 0.6 is 0 Å². The highest BCUT2D eigenvalue weighted by Crippen LogP contribution is 2.15. The van der Waals surface area contributed by atoms with Gasteiger partial charge in [0.25, 0.3) is 5.91 Å². The molecule has 0 N–H and O–H groups in total. The van der Waals surface area contributed by atoms with E-state index in [2.05, 4.69) is 17.0 Å². The van der Waals surface area contributed by atoms with Crippen molar-refractivity contribution in [2.45, 2.75) is 19.8 Å². The van der Waals surface area contributed by atoms with Gasteiger partial charge >= 0.3 is 0 Å². The number of hydrogen-bond acceptors (Lipinski definition) is 4. The lowest BCUT2D eigenvalue weighted by molar-refractivity contribution is 0.0998. The standard InChI is InChI=1S/C22H23N3O3/c1-3-4-13-28-21-15-18(16-23-25(21)19-10-6-5-7-11-19)24-22(26)17-9-8-12-20(14-17)27-2/h5-12,14-16H,3-4,13H2,1-2H3/b24-18+. The summed E-state index contributed by atoms with van der Waals surface area (Å²) < 4.78 is 12.8. The van der Waals surface area contributed by atoms with Gasteiger partial charge in [0.15, 0.2) is 0 Å². The van der Waals surface area contributed by atoms with Crippen LogP contribution in [-0.4, -0.2) is 29.4 Å². The van der Waals surface area contributed by atoms with Crippen LogP contribution < -0.4 is 14.8 Å². The van der Waals surface area contributed by atoms with E-state index >= 15 is 0 Å². The van der Waals surface area contributed by atoms with E-state index < -0.39 is 0 Å². The summed E-state index contributed by atoms with van der Waals surface area (Å²) in [6.07, 6.45) is 3.51. The Hall–Kier alpha value is -3.41. The average molecular weight is 377 g/mol. The summed E-state index contributed by atoms with van der Waals surface area (Å²) >= 11 is 0. The summed E-state index contributed by atoms with van der Waals surface area (Å²) in [5.41, 5.74) is 1.33. The number of rotatable bonds is 7. The lowest BCUT2D eigenvalue weighted by atomic mass is 10.2. The van der Waals surface area contributed by atoms with Crippen molar-refractivity contribution in [3.63, 3.8) is 0 Å². The number of unbranched alkanes of at least 4 members (excludes halogenated alkanes) is 1. The van der Waals surface area contributed by atoms with Crippen molar-refractivity contribution in [2.24, 2.45) is 4.99 Å². The van der Waals surface area contributed by atoms with Gasteiger partial charge in [0.2, 0.25) is 5.88 Å². The highest BCUT2D eigenvalue weighted by atomic mass is 16.5. The molecule has 0 saturated heterocycles. The highest BCUT2D eigenvalue weighted by molar-refractivity contribution is 5.95. The second kappa shape index (κ2) is 9.50. The van der Waals surface area contributed by atoms with Crippen LogP contribution in [0.1, 0.15) is 30.1 Å². The van der Waals surface area contributed by atoms with Crippen molar-refractivity contribution >= 4 is 5.91 Å². The third-order valence-corrected chi connectivity index (χ3v) is 4.08. The molecule has 6 heteroatoms. The lowest BCUT2D eigenvalue weighted by Crippen LogP contribution is -2.15. The predicted molar refractivity (Wildman–Crippen MR) is 107 cm³/mol. The zero-order valence-corrected chi connectivity index (χ0v) is 16.0. The number of nitrogens with zero attached hydrogens (tertiary/aromatic N) is 3. The third kappa shape index (κ3) is 4.85. The van der Waals surface area contributed by atoms with Gasteiger partial charge in [0.05, 0.1) is 31.0 Å². The zero-order valence-electron chi connectivity index (χ0n) is 16.0. The zero-order chi connectivity index (χ0) is 19.8. The van der Waals surface area contributed by atoms with Gasteiger partial charge in [-0.3, -0.25) is 4.79 Å². The molecule has 0 aliphatic carbocycles. The first-order valence-electron chi connectivity index (χ1n) is 9.22. The van der Waals surface area contributed by atoms with E-state index in [9.17, 15) is 4.79 Å². The fourth-order valence-electron chi connectivity index (χ4n) is 2.58. The maximum atomic E-state index is 12.5. The summed E-state index contributed by atoms with van der Waals surface area (Å²) in [5.74, 6) is 0.787. The van der Waals surface area contributed by atoms with E-state index in [1.807, 2.05) is 30.3 Å². The summed E-state index contributed by atoms with van der Waals surface area (Å²) in [6, 6.07) is 18.3. The average Bonchev–Trinajstić information content (AvgIpc) is 2.75. The minimum absolute atomic E-state index is 0.363. The summed E-state index contributed by atoms with van der Waals surface area (Å²) in [6.45, 7) is 2.67. The molecule has 3 aromatic rings. The Morgan fingerprint density at radius 2 is 1.93 bits per heavy atom. The van der Waals surface area contributed by atoms with Crippen molar-refractivity contribution in [2.75, 3.05) is 13.7 Å². The number of para-hydroxylation sites is 1. The quantitative estimate of drug-likeness (QED) is 0.588. The molecular weight excluding hydrogens is 354 g/mol. The Labute approximate surface area is 164 Å². The minimum atomic E-state index is -0.363. The number of ether oxygens (including phenoxy) is 2. The highest BCUT2D eigenvalue weighted by Gasteiger charge is 2.08. The molecule has 1 amide bonds. The van der Waals surface area contributed by atoms with Crippen LogP contribution in [0.25, 0.3) is 5.69 Å². The number of carbonyl (C=O) groups is 1. The fourth-order valence-corrected chi connectivity index (χ4v) is 2.58. The number of carbonyl (C=O) groups excluding carboxylic acids is 1. The molecule has 144 valence electrons. The molecule has 6 nitrogen and oxygen atoms in total. The summed E-state index contributed by atoms with van der Waals surface area (Å²) in [7, 11) is 1.56. The van der Waals surface area contributed by atoms with E-state index in [0.29, 0.717) is 29.2 Å². The molecule has 0 aliphatic rings. The van der Waals surface area contributed by atoms with Crippen LogP contribution in [0.4, 0.5) is 0 Å². The van der Waals surface area contributed by atoms with Gasteiger partial charge in [0.1, 0.15) is 5.75 Å². The molecule has 0 saturated carbocycles. The lowest BCUT2D eigenvalue weighted by Gasteiger charge is -2.13. The van der Waals surface area contributed by atoms with Gasteiger partial charge < -0.3 is 9.47 Å². The Morgan fingerprint density at radius 1 is 1.11 bits per heavy atom. The Balaban J connectivity index is 1.95. The molecule has 0 aliphatic heterocycles. The molecule has 0 atom stereocenters. The van der Waals surface area contributed by atoms with Crippen molar-refractivity contribution in [3.8, 4) is 17.3 Å². The topological polar surface area (TPSA) is 65.7 Å². The molecule has 0 fully saturated rings. The van der Waals surface area contributed by atoms with Crippen molar-refractivity contribution in [1.29, 1.82) is 0 Å². The molecular formula is C22H23N3O3. The van der Waals surface area contributed by atoms with Crippen LogP contribution in [0.15, 0.2) is 71.9 Å². The van der Waals surface area contributed by atoms with Crippen LogP contribution in [-0.2, 0) is 0 Å². The van der Waals surface area contributed by atoms with Gasteiger partial charge in [-0.25, -0.2) is 9.67 Å². The largest absolute Gasteiger partial charge is 0.497 e. The van der Waals surface area contributed by atoms with Gasteiger partial charge in [-0.05, 0) is 36.8 Å². The van der Waals surface area contributed by atoms with E-state index in [1.54, 1.807) is 48.3 Å². The SMILES string of the molecule is CCCCOc1c/c(=N\C(=O)c2cccc(OC)c2)cnn1-c1ccccc1. The van der Waals surface area contributed by atoms with E-state index in [1.165, 1.54) is 0 Å². The third-order valence-electron chi connectivity index (χ3n) is 4.08. The maximum absolute atomic E-state index is 12.5. The minimum Gasteiger partial charge on any atom is -0.497 e. The van der Waals surface area contributed by atoms with Crippen LogP contribution in [0.5, 0.6) is 11.6 Å². The van der Waals surface area contributed by atoms with Gasteiger partial charge in [-0.1, -0.05) is 37.6 Å². The molecule has 2 aromatic carbocycles. The van der Waals surface area contributed by atoms with Gasteiger partial charge in [-0.15, -0.1) is 0 Å². The summed E-state index contributed by atoms with van der Waals surface area (Å²) in [5, 5.41) is 4.87. The number of amides is 1. The van der Waals surface area contributed by atoms with Crippen LogP contribution in [0, 0.1) is 0 Å². The van der Waals surface area contributed by atoms with Crippen molar-refractivity contribution < 1.29 is 14.3 Å².